The summed E-state index contributed by atoms with van der Waals surface area (Å²) in [7, 11) is 1.57. The van der Waals surface area contributed by atoms with Crippen LogP contribution in [0.1, 0.15) is 0 Å². The van der Waals surface area contributed by atoms with E-state index in [0.29, 0.717) is 51.4 Å². The fourth-order valence-electron chi connectivity index (χ4n) is 3.26. The van der Waals surface area contributed by atoms with Crippen LogP contribution in [-0.4, -0.2) is 41.5 Å². The molecule has 3 aromatic carbocycles. The predicted octanol–water partition coefficient (Wildman–Crippen LogP) is 4.34. The number of aromatic nitrogens is 2. The highest BCUT2D eigenvalue weighted by Crippen LogP contribution is 2.23. The first-order valence-electron chi connectivity index (χ1n) is 10.5. The number of ether oxygens (including phenoxy) is 2. The topological polar surface area (TPSA) is 82.4 Å². The molecular weight excluding hydrogens is 474 g/mol. The Labute approximate surface area is 205 Å². The van der Waals surface area contributed by atoms with E-state index in [1.54, 1.807) is 73.8 Å². The van der Waals surface area contributed by atoms with Crippen molar-refractivity contribution in [1.82, 2.24) is 14.9 Å². The molecule has 0 saturated heterocycles. The van der Waals surface area contributed by atoms with Gasteiger partial charge in [-0.1, -0.05) is 41.6 Å². The van der Waals surface area contributed by atoms with E-state index in [-0.39, 0.29) is 17.2 Å². The molecule has 9 heteroatoms. The van der Waals surface area contributed by atoms with Crippen LogP contribution in [0.25, 0.3) is 16.6 Å². The zero-order valence-corrected chi connectivity index (χ0v) is 19.9. The Morgan fingerprint density at radius 3 is 2.65 bits per heavy atom. The summed E-state index contributed by atoms with van der Waals surface area (Å²) in [4.78, 5) is 30.4. The van der Waals surface area contributed by atoms with E-state index in [4.69, 9.17) is 21.1 Å². The number of nitrogens with zero attached hydrogens (tertiary/aromatic N) is 2. The van der Waals surface area contributed by atoms with Crippen LogP contribution in [0.15, 0.2) is 82.7 Å². The van der Waals surface area contributed by atoms with Crippen LogP contribution in [0.3, 0.4) is 0 Å². The lowest BCUT2D eigenvalue weighted by atomic mass is 10.2. The quantitative estimate of drug-likeness (QED) is 0.211. The van der Waals surface area contributed by atoms with Gasteiger partial charge in [-0.2, -0.15) is 0 Å². The number of carbonyl (C=O) groups is 1. The highest BCUT2D eigenvalue weighted by atomic mass is 35.5. The molecule has 0 atom stereocenters. The van der Waals surface area contributed by atoms with Crippen LogP contribution < -0.4 is 20.3 Å². The molecule has 1 N–H and O–H groups in total. The number of nitrogens with one attached hydrogen (secondary N) is 1. The summed E-state index contributed by atoms with van der Waals surface area (Å²) in [6, 6.07) is 21.3. The lowest BCUT2D eigenvalue weighted by Gasteiger charge is -2.14. The molecule has 1 heterocycles. The number of benzene rings is 3. The van der Waals surface area contributed by atoms with Crippen molar-refractivity contribution in [3.8, 4) is 17.2 Å². The summed E-state index contributed by atoms with van der Waals surface area (Å²) in [5.41, 5.74) is 0.978. The minimum Gasteiger partial charge on any atom is -0.497 e. The monoisotopic (exact) mass is 495 g/mol. The minimum atomic E-state index is -0.210. The predicted molar refractivity (Wildman–Crippen MR) is 135 cm³/mol. The van der Waals surface area contributed by atoms with Gasteiger partial charge in [-0.3, -0.25) is 14.2 Å². The highest BCUT2D eigenvalue weighted by molar-refractivity contribution is 7.99. The second-order valence-corrected chi connectivity index (χ2v) is 8.57. The van der Waals surface area contributed by atoms with Crippen LogP contribution in [0, 0.1) is 0 Å². The molecule has 0 unspecified atom stereocenters. The second kappa shape index (κ2) is 11.1. The first-order chi connectivity index (χ1) is 16.5. The Morgan fingerprint density at radius 2 is 1.85 bits per heavy atom. The van der Waals surface area contributed by atoms with Gasteiger partial charge in [0.05, 0.1) is 36.0 Å². The molecule has 0 fully saturated rings. The molecule has 7 nitrogen and oxygen atoms in total. The summed E-state index contributed by atoms with van der Waals surface area (Å²) >= 11 is 7.05. The largest absolute Gasteiger partial charge is 0.497 e. The molecule has 0 spiro atoms. The number of thioether (sulfide) groups is 1. The van der Waals surface area contributed by atoms with Crippen LogP contribution >= 0.6 is 23.4 Å². The van der Waals surface area contributed by atoms with Crippen LogP contribution in [-0.2, 0) is 4.79 Å². The van der Waals surface area contributed by atoms with Gasteiger partial charge in [0.15, 0.2) is 5.16 Å². The maximum Gasteiger partial charge on any atom is 0.266 e. The molecule has 4 aromatic rings. The van der Waals surface area contributed by atoms with E-state index >= 15 is 0 Å². The summed E-state index contributed by atoms with van der Waals surface area (Å²) in [6.07, 6.45) is 0. The number of amides is 1. The van der Waals surface area contributed by atoms with Gasteiger partial charge in [0.1, 0.15) is 18.1 Å². The molecule has 4 rings (SSSR count). The molecule has 0 aliphatic heterocycles. The lowest BCUT2D eigenvalue weighted by Crippen LogP contribution is -2.30. The Hall–Kier alpha value is -3.49. The SMILES string of the molecule is COc1cccc(-n2c(SCC(=O)NCCOc3ccc(Cl)cc3)nc3ccccc3c2=O)c1. The molecular formula is C25H22ClN3O4S. The van der Waals surface area contributed by atoms with E-state index in [0.717, 1.165) is 0 Å². The van der Waals surface area contributed by atoms with Crippen molar-refractivity contribution in [3.05, 3.63) is 88.2 Å². The van der Waals surface area contributed by atoms with E-state index in [1.165, 1.54) is 16.3 Å². The Bertz CT molecular complexity index is 1360. The fraction of sp³-hybridized carbons (Fsp3) is 0.160. The van der Waals surface area contributed by atoms with Gasteiger partial charge in [0, 0.05) is 11.1 Å². The van der Waals surface area contributed by atoms with Gasteiger partial charge in [0.25, 0.3) is 5.56 Å². The summed E-state index contributed by atoms with van der Waals surface area (Å²) in [6.45, 7) is 0.663. The zero-order chi connectivity index (χ0) is 23.9. The van der Waals surface area contributed by atoms with Gasteiger partial charge >= 0.3 is 0 Å². The molecule has 0 radical (unpaired) electrons. The number of carbonyl (C=O) groups excluding carboxylic acids is 1. The van der Waals surface area contributed by atoms with Crippen LogP contribution in [0.4, 0.5) is 0 Å². The highest BCUT2D eigenvalue weighted by Gasteiger charge is 2.15. The lowest BCUT2D eigenvalue weighted by molar-refractivity contribution is -0.118. The average molecular weight is 496 g/mol. The van der Waals surface area contributed by atoms with E-state index < -0.39 is 0 Å². The summed E-state index contributed by atoms with van der Waals surface area (Å²) in [5, 5.41) is 4.37. The third kappa shape index (κ3) is 5.70. The van der Waals surface area contributed by atoms with Gasteiger partial charge in [-0.05, 0) is 48.5 Å². The van der Waals surface area contributed by atoms with Crippen molar-refractivity contribution in [2.75, 3.05) is 26.0 Å². The van der Waals surface area contributed by atoms with E-state index in [2.05, 4.69) is 10.3 Å². The van der Waals surface area contributed by atoms with Crippen molar-refractivity contribution in [2.45, 2.75) is 5.16 Å². The van der Waals surface area contributed by atoms with E-state index in [9.17, 15) is 9.59 Å². The Morgan fingerprint density at radius 1 is 1.06 bits per heavy atom. The molecule has 1 amide bonds. The van der Waals surface area contributed by atoms with Crippen molar-refractivity contribution in [2.24, 2.45) is 0 Å². The normalized spacial score (nSPS) is 10.8. The van der Waals surface area contributed by atoms with Gasteiger partial charge in [-0.15, -0.1) is 0 Å². The van der Waals surface area contributed by atoms with Crippen molar-refractivity contribution in [1.29, 1.82) is 0 Å². The van der Waals surface area contributed by atoms with Crippen molar-refractivity contribution >= 4 is 40.2 Å². The molecule has 0 saturated carbocycles. The number of methoxy groups -OCH3 is 1. The number of para-hydroxylation sites is 1. The molecule has 0 bridgehead atoms. The first-order valence-corrected chi connectivity index (χ1v) is 11.9. The van der Waals surface area contributed by atoms with Gasteiger partial charge in [0.2, 0.25) is 5.91 Å². The van der Waals surface area contributed by atoms with Crippen LogP contribution in [0.2, 0.25) is 5.02 Å². The fourth-order valence-corrected chi connectivity index (χ4v) is 4.23. The molecule has 0 aliphatic carbocycles. The third-order valence-electron chi connectivity index (χ3n) is 4.90. The first kappa shape index (κ1) is 23.7. The number of hydrogen-bond donors (Lipinski definition) is 1. The van der Waals surface area contributed by atoms with Gasteiger partial charge in [-0.25, -0.2) is 4.98 Å². The smallest absolute Gasteiger partial charge is 0.266 e. The summed E-state index contributed by atoms with van der Waals surface area (Å²) in [5.74, 6) is 1.20. The number of rotatable bonds is 9. The van der Waals surface area contributed by atoms with Crippen molar-refractivity contribution in [3.63, 3.8) is 0 Å². The molecule has 0 aliphatic rings. The minimum absolute atomic E-state index is 0.0930. The summed E-state index contributed by atoms with van der Waals surface area (Å²) < 4.78 is 12.4. The maximum atomic E-state index is 13.3. The molecule has 174 valence electrons. The van der Waals surface area contributed by atoms with E-state index in [1.807, 2.05) is 6.07 Å². The van der Waals surface area contributed by atoms with Crippen molar-refractivity contribution < 1.29 is 14.3 Å². The van der Waals surface area contributed by atoms with Crippen LogP contribution in [0.5, 0.6) is 11.5 Å². The van der Waals surface area contributed by atoms with Gasteiger partial charge < -0.3 is 14.8 Å². The Kier molecular flexibility index (Phi) is 7.72. The molecule has 34 heavy (non-hydrogen) atoms. The number of fused-ring (bicyclic) bond motifs is 1. The number of halogens is 1. The standard InChI is InChI=1S/C25H22ClN3O4S/c1-32-20-6-4-5-18(15-20)29-24(31)21-7-2-3-8-22(21)28-25(29)34-16-23(30)27-13-14-33-19-11-9-17(26)10-12-19/h2-12,15H,13-14,16H2,1H3,(H,27,30). The maximum absolute atomic E-state index is 13.3. The molecule has 1 aromatic heterocycles. The number of hydrogen-bond acceptors (Lipinski definition) is 6. The third-order valence-corrected chi connectivity index (χ3v) is 6.09. The second-order valence-electron chi connectivity index (χ2n) is 7.19. The Balaban J connectivity index is 1.46. The average Bonchev–Trinajstić information content (AvgIpc) is 2.86. The zero-order valence-electron chi connectivity index (χ0n) is 18.4.